The summed E-state index contributed by atoms with van der Waals surface area (Å²) in [6.07, 6.45) is 12.4. The summed E-state index contributed by atoms with van der Waals surface area (Å²) in [6.45, 7) is 6.09. The normalized spacial score (nSPS) is 31.8. The Balaban J connectivity index is 1.28. The number of carbonyl (C=O) groups excluding carboxylic acids is 1. The Morgan fingerprint density at radius 2 is 2.00 bits per heavy atom. The van der Waals surface area contributed by atoms with Crippen LogP contribution in [0, 0.1) is 29.6 Å². The van der Waals surface area contributed by atoms with Crippen molar-refractivity contribution >= 4 is 38.8 Å². The van der Waals surface area contributed by atoms with Crippen molar-refractivity contribution in [1.29, 1.82) is 0 Å². The minimum atomic E-state index is -2.95. The zero-order valence-corrected chi connectivity index (χ0v) is 32.2. The van der Waals surface area contributed by atoms with Gasteiger partial charge in [0.1, 0.15) is 17.7 Å². The Labute approximate surface area is 314 Å². The fraction of sp³-hybridized carbons (Fsp3) is 0.524. The third kappa shape index (κ3) is 7.31. The van der Waals surface area contributed by atoms with Crippen LogP contribution in [0.15, 0.2) is 55.0 Å². The van der Waals surface area contributed by atoms with Crippen molar-refractivity contribution in [2.75, 3.05) is 31.7 Å². The SMILES string of the molecule is C=S1(=O)NC(=O)c2ccc3c(c2)N(C[C@@H]2CC[C@H]2[C@@](C#CCCc2ccncn2)(OC)CCC[C@H](C)[C@H]1C)C[C@@]1(CCCc2cc(Cl)ccc21)CO3. The van der Waals surface area contributed by atoms with Gasteiger partial charge in [-0.05, 0) is 124 Å². The molecule has 1 fully saturated rings. The molecule has 10 heteroatoms. The van der Waals surface area contributed by atoms with Gasteiger partial charge in [-0.1, -0.05) is 36.4 Å². The molecule has 7 atom stereocenters. The first kappa shape index (κ1) is 36.8. The maximum absolute atomic E-state index is 14.0. The van der Waals surface area contributed by atoms with E-state index in [1.54, 1.807) is 18.6 Å². The van der Waals surface area contributed by atoms with Crippen LogP contribution in [0.5, 0.6) is 5.75 Å². The highest BCUT2D eigenvalue weighted by molar-refractivity contribution is 7.99. The van der Waals surface area contributed by atoms with Crippen molar-refractivity contribution in [2.45, 2.75) is 94.3 Å². The van der Waals surface area contributed by atoms with E-state index in [1.165, 1.54) is 11.1 Å². The fourth-order valence-electron chi connectivity index (χ4n) is 9.06. The molecule has 0 radical (unpaired) electrons. The number of halogens is 1. The number of fused-ring (bicyclic) bond motifs is 4. The van der Waals surface area contributed by atoms with Crippen LogP contribution >= 0.6 is 11.6 Å². The minimum Gasteiger partial charge on any atom is -0.490 e. The number of aryl methyl sites for hydroxylation is 2. The molecule has 1 aromatic heterocycles. The molecule has 2 aromatic carbocycles. The molecule has 1 N–H and O–H groups in total. The number of benzene rings is 2. The smallest absolute Gasteiger partial charge is 0.262 e. The van der Waals surface area contributed by atoms with E-state index in [0.29, 0.717) is 24.5 Å². The van der Waals surface area contributed by atoms with E-state index >= 15 is 0 Å². The number of methoxy groups -OCH3 is 1. The monoisotopic (exact) mass is 742 g/mol. The molecule has 8 nitrogen and oxygen atoms in total. The summed E-state index contributed by atoms with van der Waals surface area (Å²) >= 11 is 6.50. The maximum atomic E-state index is 14.0. The van der Waals surface area contributed by atoms with Gasteiger partial charge in [-0.25, -0.2) is 14.2 Å². The van der Waals surface area contributed by atoms with Crippen molar-refractivity contribution in [2.24, 2.45) is 17.8 Å². The molecule has 52 heavy (non-hydrogen) atoms. The Morgan fingerprint density at radius 3 is 2.77 bits per heavy atom. The van der Waals surface area contributed by atoms with Crippen molar-refractivity contribution < 1.29 is 18.5 Å². The van der Waals surface area contributed by atoms with Crippen LogP contribution in [0.3, 0.4) is 0 Å². The molecule has 2 aliphatic carbocycles. The predicted octanol–water partition coefficient (Wildman–Crippen LogP) is 7.22. The Kier molecular flexibility index (Phi) is 10.6. The van der Waals surface area contributed by atoms with Crippen LogP contribution in [0.2, 0.25) is 5.02 Å². The first-order valence-corrected chi connectivity index (χ1v) is 21.0. The molecule has 1 saturated carbocycles. The molecule has 3 heterocycles. The highest BCUT2D eigenvalue weighted by atomic mass is 35.5. The highest BCUT2D eigenvalue weighted by Crippen LogP contribution is 2.49. The molecular formula is C42H51ClN4O4S. The van der Waals surface area contributed by atoms with Gasteiger partial charge in [0.25, 0.3) is 5.91 Å². The summed E-state index contributed by atoms with van der Waals surface area (Å²) in [5.74, 6) is 12.3. The van der Waals surface area contributed by atoms with E-state index in [2.05, 4.69) is 56.4 Å². The minimum absolute atomic E-state index is 0.0658. The second-order valence-electron chi connectivity index (χ2n) is 15.6. The first-order valence-electron chi connectivity index (χ1n) is 18.8. The second-order valence-corrected chi connectivity index (χ2v) is 18.4. The van der Waals surface area contributed by atoms with Gasteiger partial charge in [0.05, 0.1) is 22.0 Å². The number of amides is 1. The zero-order valence-electron chi connectivity index (χ0n) is 30.7. The zero-order chi connectivity index (χ0) is 36.5. The third-order valence-electron chi connectivity index (χ3n) is 12.5. The molecule has 4 aliphatic rings. The molecule has 7 rings (SSSR count). The van der Waals surface area contributed by atoms with Crippen LogP contribution in [0.1, 0.15) is 92.4 Å². The van der Waals surface area contributed by atoms with E-state index in [1.807, 2.05) is 38.3 Å². The van der Waals surface area contributed by atoms with Gasteiger partial charge < -0.3 is 14.4 Å². The molecule has 276 valence electrons. The lowest BCUT2D eigenvalue weighted by Crippen LogP contribution is -2.53. The van der Waals surface area contributed by atoms with Gasteiger partial charge in [0.2, 0.25) is 0 Å². The van der Waals surface area contributed by atoms with E-state index in [0.717, 1.165) is 93.0 Å². The average molecular weight is 743 g/mol. The van der Waals surface area contributed by atoms with Crippen LogP contribution in [0.4, 0.5) is 5.69 Å². The molecule has 2 bridgehead atoms. The van der Waals surface area contributed by atoms with Crippen molar-refractivity contribution in [1.82, 2.24) is 14.7 Å². The van der Waals surface area contributed by atoms with Crippen LogP contribution in [0.25, 0.3) is 0 Å². The number of carbonyl (C=O) groups is 1. The molecule has 1 amide bonds. The van der Waals surface area contributed by atoms with Crippen molar-refractivity contribution in [3.05, 3.63) is 82.4 Å². The molecule has 2 aliphatic heterocycles. The van der Waals surface area contributed by atoms with Gasteiger partial charge in [-0.15, -0.1) is 0 Å². The Bertz CT molecular complexity index is 1960. The second kappa shape index (κ2) is 15.0. The van der Waals surface area contributed by atoms with Gasteiger partial charge in [-0.3, -0.25) is 9.52 Å². The molecule has 1 spiro atoms. The number of nitrogens with one attached hydrogen (secondary N) is 1. The van der Waals surface area contributed by atoms with Gasteiger partial charge in [0, 0.05) is 72.1 Å². The quantitative estimate of drug-likeness (QED) is 0.224. The highest BCUT2D eigenvalue weighted by Gasteiger charge is 2.49. The molecule has 0 saturated heterocycles. The van der Waals surface area contributed by atoms with E-state index in [-0.39, 0.29) is 28.4 Å². The maximum Gasteiger partial charge on any atom is 0.262 e. The van der Waals surface area contributed by atoms with E-state index < -0.39 is 15.3 Å². The number of rotatable bonds is 3. The number of ether oxygens (including phenoxy) is 2. The van der Waals surface area contributed by atoms with Crippen LogP contribution < -0.4 is 14.4 Å². The van der Waals surface area contributed by atoms with Gasteiger partial charge in [-0.2, -0.15) is 0 Å². The predicted molar refractivity (Wildman–Crippen MR) is 210 cm³/mol. The fourth-order valence-corrected chi connectivity index (χ4v) is 10.8. The van der Waals surface area contributed by atoms with Crippen LogP contribution in [-0.2, 0) is 32.7 Å². The molecular weight excluding hydrogens is 692 g/mol. The summed E-state index contributed by atoms with van der Waals surface area (Å²) in [5, 5.41) is 0.434. The Morgan fingerprint density at radius 1 is 1.13 bits per heavy atom. The molecule has 3 aromatic rings. The summed E-state index contributed by atoms with van der Waals surface area (Å²) in [4.78, 5) is 24.7. The number of hydrogen-bond donors (Lipinski definition) is 1. The number of aromatic nitrogens is 2. The van der Waals surface area contributed by atoms with Crippen molar-refractivity contribution in [3.8, 4) is 17.6 Å². The van der Waals surface area contributed by atoms with Crippen LogP contribution in [-0.4, -0.2) is 63.6 Å². The number of hydrogen-bond acceptors (Lipinski definition) is 7. The number of nitrogens with zero attached hydrogens (tertiary/aromatic N) is 3. The Hall–Kier alpha value is -3.58. The number of anilines is 1. The lowest BCUT2D eigenvalue weighted by Gasteiger charge is -2.50. The van der Waals surface area contributed by atoms with E-state index in [9.17, 15) is 9.00 Å². The van der Waals surface area contributed by atoms with Gasteiger partial charge in [0.15, 0.2) is 0 Å². The topological polar surface area (TPSA) is 93.7 Å². The largest absolute Gasteiger partial charge is 0.490 e. The average Bonchev–Trinajstić information content (AvgIpc) is 3.27. The summed E-state index contributed by atoms with van der Waals surface area (Å²) in [5.41, 5.74) is 4.04. The van der Waals surface area contributed by atoms with Crippen molar-refractivity contribution in [3.63, 3.8) is 0 Å². The van der Waals surface area contributed by atoms with E-state index in [4.69, 9.17) is 21.1 Å². The summed E-state index contributed by atoms with van der Waals surface area (Å²) in [7, 11) is -1.13. The standard InChI is InChI=1S/C42H51ClN4O4S/c1-29-9-7-21-42(50-3,20-6-5-11-35-18-22-44-28-45-35)37-15-12-33(37)25-47-26-41(19-8-10-31-23-34(43)14-16-36(31)41)27-51-39-17-13-32(24-38(39)47)40(48)46-52(4,49)30(29)2/h13-14,16-18,22-24,28-30,33,37H,4-5,7-12,15,19,21,25-27H2,1-3H3,(H,46,48,49)/t29-,30+,33-,37+,41-,42-,52?/m0/s1. The first-order chi connectivity index (χ1) is 25.0. The van der Waals surface area contributed by atoms with Gasteiger partial charge >= 0.3 is 0 Å². The lowest BCUT2D eigenvalue weighted by atomic mass is 9.62. The third-order valence-corrected chi connectivity index (χ3v) is 14.9. The summed E-state index contributed by atoms with van der Waals surface area (Å²) in [6, 6.07) is 13.9. The lowest BCUT2D eigenvalue weighted by molar-refractivity contribution is -0.0743. The molecule has 1 unspecified atom stereocenters. The summed E-state index contributed by atoms with van der Waals surface area (Å²) < 4.78 is 30.1.